The smallest absolute Gasteiger partial charge is 0.281 e. The normalized spacial score (nSPS) is 21.1. The van der Waals surface area contributed by atoms with Crippen LogP contribution in [0.4, 0.5) is 26.6 Å². The fourth-order valence-electron chi connectivity index (χ4n) is 5.61. The van der Waals surface area contributed by atoms with Crippen molar-refractivity contribution in [1.82, 2.24) is 34.7 Å². The highest BCUT2D eigenvalue weighted by Gasteiger charge is 2.29. The average molecular weight is 617 g/mol. The molecule has 3 saturated heterocycles. The van der Waals surface area contributed by atoms with E-state index in [9.17, 15) is 18.4 Å². The van der Waals surface area contributed by atoms with Gasteiger partial charge in [0, 0.05) is 52.0 Å². The van der Waals surface area contributed by atoms with Crippen molar-refractivity contribution in [2.45, 2.75) is 32.2 Å². The second kappa shape index (κ2) is 14.2. The summed E-state index contributed by atoms with van der Waals surface area (Å²) in [7, 11) is 0. The van der Waals surface area contributed by atoms with E-state index in [2.05, 4.69) is 26.5 Å². The molecular weight excluding hydrogens is 578 g/mol. The summed E-state index contributed by atoms with van der Waals surface area (Å²) >= 11 is 0. The molecule has 2 N–H and O–H groups in total. The molecule has 238 valence electrons. The van der Waals surface area contributed by atoms with Gasteiger partial charge in [-0.3, -0.25) is 9.59 Å². The van der Waals surface area contributed by atoms with Crippen molar-refractivity contribution >= 4 is 29.7 Å². The lowest BCUT2D eigenvalue weighted by molar-refractivity contribution is -0.138. The molecular formula is C28H38F2N10O4. The zero-order chi connectivity index (χ0) is 31.2. The van der Waals surface area contributed by atoms with Gasteiger partial charge in [0.2, 0.25) is 29.7 Å². The Labute approximate surface area is 254 Å². The minimum absolute atomic E-state index is 0.0157. The second-order valence-corrected chi connectivity index (χ2v) is 11.1. The van der Waals surface area contributed by atoms with Crippen LogP contribution in [0.15, 0.2) is 18.9 Å². The Morgan fingerprint density at radius 1 is 1.11 bits per heavy atom. The lowest BCUT2D eigenvalue weighted by Gasteiger charge is -2.36. The van der Waals surface area contributed by atoms with Gasteiger partial charge in [0.1, 0.15) is 12.3 Å². The van der Waals surface area contributed by atoms with E-state index in [1.54, 1.807) is 9.80 Å². The van der Waals surface area contributed by atoms with Gasteiger partial charge in [-0.1, -0.05) is 6.58 Å². The SMILES string of the molecule is C=CC(=O)N1CCCC(COCC(=O)N2CCN(c3nc(-c4cnc(N)nc4C(F)F)nc(N4CCOCC4C)n3)CC2)C1. The Bertz CT molecular complexity index is 1340. The van der Waals surface area contributed by atoms with Gasteiger partial charge < -0.3 is 34.8 Å². The molecule has 0 spiro atoms. The molecule has 2 aromatic heterocycles. The molecule has 3 aliphatic rings. The van der Waals surface area contributed by atoms with Crippen LogP contribution < -0.4 is 15.5 Å². The maximum Gasteiger partial charge on any atom is 0.281 e. The molecule has 3 fully saturated rings. The van der Waals surface area contributed by atoms with Gasteiger partial charge in [-0.2, -0.15) is 15.0 Å². The minimum Gasteiger partial charge on any atom is -0.377 e. The summed E-state index contributed by atoms with van der Waals surface area (Å²) in [5.41, 5.74) is 5.00. The molecule has 2 unspecified atom stereocenters. The molecule has 0 aromatic carbocycles. The topological polar surface area (TPSA) is 156 Å². The maximum absolute atomic E-state index is 13.9. The molecule has 5 heterocycles. The number of carbonyl (C=O) groups is 2. The highest BCUT2D eigenvalue weighted by atomic mass is 19.3. The molecule has 2 aromatic rings. The van der Waals surface area contributed by atoms with E-state index in [0.29, 0.717) is 77.5 Å². The number of nitrogen functional groups attached to an aromatic ring is 1. The van der Waals surface area contributed by atoms with Crippen LogP contribution in [0.1, 0.15) is 31.9 Å². The van der Waals surface area contributed by atoms with Crippen LogP contribution >= 0.6 is 0 Å². The van der Waals surface area contributed by atoms with E-state index in [1.807, 2.05) is 16.7 Å². The Morgan fingerprint density at radius 3 is 2.61 bits per heavy atom. The summed E-state index contributed by atoms with van der Waals surface area (Å²) in [6, 6.07) is -0.0438. The fraction of sp³-hybridized carbons (Fsp3) is 0.607. The quantitative estimate of drug-likeness (QED) is 0.402. The molecule has 5 rings (SSSR count). The number of aromatic nitrogens is 5. The largest absolute Gasteiger partial charge is 0.377 e. The van der Waals surface area contributed by atoms with Gasteiger partial charge in [0.05, 0.1) is 31.4 Å². The summed E-state index contributed by atoms with van der Waals surface area (Å²) in [5, 5.41) is 0. The third-order valence-corrected chi connectivity index (χ3v) is 8.02. The van der Waals surface area contributed by atoms with Crippen molar-refractivity contribution in [1.29, 1.82) is 0 Å². The van der Waals surface area contributed by atoms with Crippen molar-refractivity contribution in [2.24, 2.45) is 5.92 Å². The molecule has 3 aliphatic heterocycles. The van der Waals surface area contributed by atoms with Gasteiger partial charge >= 0.3 is 0 Å². The van der Waals surface area contributed by atoms with Gasteiger partial charge in [0.15, 0.2) is 5.82 Å². The van der Waals surface area contributed by atoms with Gasteiger partial charge in [-0.25, -0.2) is 18.7 Å². The first kappa shape index (κ1) is 31.4. The predicted molar refractivity (Wildman–Crippen MR) is 157 cm³/mol. The number of piperidine rings is 1. The van der Waals surface area contributed by atoms with Crippen molar-refractivity contribution in [3.63, 3.8) is 0 Å². The van der Waals surface area contributed by atoms with E-state index in [1.165, 1.54) is 12.3 Å². The molecule has 0 saturated carbocycles. The second-order valence-electron chi connectivity index (χ2n) is 11.1. The first-order chi connectivity index (χ1) is 21.2. The summed E-state index contributed by atoms with van der Waals surface area (Å²) in [5.74, 6) is 0.350. The zero-order valence-corrected chi connectivity index (χ0v) is 24.8. The summed E-state index contributed by atoms with van der Waals surface area (Å²) in [6.07, 6.45) is 1.44. The number of piperazine rings is 1. The van der Waals surface area contributed by atoms with E-state index in [-0.39, 0.29) is 47.7 Å². The summed E-state index contributed by atoms with van der Waals surface area (Å²) < 4.78 is 39.2. The monoisotopic (exact) mass is 616 g/mol. The van der Waals surface area contributed by atoms with Crippen molar-refractivity contribution in [3.8, 4) is 11.4 Å². The van der Waals surface area contributed by atoms with Gasteiger partial charge in [-0.05, 0) is 31.8 Å². The number of morpholine rings is 1. The molecule has 0 aliphatic carbocycles. The number of nitrogens with two attached hydrogens (primary N) is 1. The molecule has 2 atom stereocenters. The number of hydrogen-bond acceptors (Lipinski definition) is 12. The van der Waals surface area contributed by atoms with Crippen molar-refractivity contribution in [2.75, 3.05) is 87.8 Å². The Balaban J connectivity index is 1.25. The number of alkyl halides is 2. The number of halogens is 2. The number of amides is 2. The lowest BCUT2D eigenvalue weighted by Crippen LogP contribution is -2.50. The Hall–Kier alpha value is -4.05. The number of carbonyl (C=O) groups excluding carboxylic acids is 2. The van der Waals surface area contributed by atoms with E-state index in [4.69, 9.17) is 20.2 Å². The number of rotatable bonds is 9. The molecule has 44 heavy (non-hydrogen) atoms. The Kier molecular flexibility index (Phi) is 10.1. The average Bonchev–Trinajstić information content (AvgIpc) is 3.04. The summed E-state index contributed by atoms with van der Waals surface area (Å²) in [4.78, 5) is 53.6. The van der Waals surface area contributed by atoms with Gasteiger partial charge in [0.25, 0.3) is 6.43 Å². The number of ether oxygens (including phenoxy) is 2. The highest BCUT2D eigenvalue weighted by molar-refractivity contribution is 5.87. The number of anilines is 3. The molecule has 0 bridgehead atoms. The Morgan fingerprint density at radius 2 is 1.89 bits per heavy atom. The van der Waals surface area contributed by atoms with Crippen molar-refractivity contribution in [3.05, 3.63) is 24.5 Å². The number of likely N-dealkylation sites (tertiary alicyclic amines) is 1. The third kappa shape index (κ3) is 7.35. The van der Waals surface area contributed by atoms with Crippen LogP contribution in [-0.2, 0) is 19.1 Å². The highest BCUT2D eigenvalue weighted by Crippen LogP contribution is 2.30. The van der Waals surface area contributed by atoms with Crippen molar-refractivity contribution < 1.29 is 27.8 Å². The number of nitrogens with zero attached hydrogens (tertiary/aromatic N) is 9. The predicted octanol–water partition coefficient (Wildman–Crippen LogP) is 1.16. The summed E-state index contributed by atoms with van der Waals surface area (Å²) in [6.45, 7) is 10.3. The molecule has 0 radical (unpaired) electrons. The van der Waals surface area contributed by atoms with Crippen LogP contribution in [0.2, 0.25) is 0 Å². The maximum atomic E-state index is 13.9. The van der Waals surface area contributed by atoms with Crippen LogP contribution in [0.3, 0.4) is 0 Å². The first-order valence-corrected chi connectivity index (χ1v) is 14.8. The van der Waals surface area contributed by atoms with E-state index >= 15 is 0 Å². The van der Waals surface area contributed by atoms with Gasteiger partial charge in [-0.15, -0.1) is 0 Å². The van der Waals surface area contributed by atoms with E-state index < -0.39 is 12.1 Å². The standard InChI is InChI=1S/C28H38F2N10O4/c1-3-21(41)39-6-4-5-19(14-39)16-44-17-22(42)37-7-9-38(10-8-37)27-34-25(20-13-32-26(31)33-23(20)24(29)30)35-28(36-27)40-11-12-43-15-18(40)2/h3,13,18-19,24H,1,4-12,14-17H2,2H3,(H2,31,32,33). The number of hydrogen-bond donors (Lipinski definition) is 1. The minimum atomic E-state index is -2.91. The zero-order valence-electron chi connectivity index (χ0n) is 24.8. The fourth-order valence-corrected chi connectivity index (χ4v) is 5.61. The van der Waals surface area contributed by atoms with Crippen LogP contribution in [-0.4, -0.2) is 125 Å². The van der Waals surface area contributed by atoms with Crippen LogP contribution in [0.5, 0.6) is 0 Å². The first-order valence-electron chi connectivity index (χ1n) is 14.8. The van der Waals surface area contributed by atoms with Crippen LogP contribution in [0, 0.1) is 5.92 Å². The molecule has 16 heteroatoms. The molecule has 2 amide bonds. The van der Waals surface area contributed by atoms with Crippen LogP contribution in [0.25, 0.3) is 11.4 Å². The third-order valence-electron chi connectivity index (χ3n) is 8.02. The lowest BCUT2D eigenvalue weighted by atomic mass is 9.99. The van der Waals surface area contributed by atoms with E-state index in [0.717, 1.165) is 12.8 Å². The molecule has 14 nitrogen and oxygen atoms in total.